The molecule has 3 N–H and O–H groups in total. The van der Waals surface area contributed by atoms with E-state index in [9.17, 15) is 22.8 Å². The smallest absolute Gasteiger partial charge is 0.417 e. The van der Waals surface area contributed by atoms with Crippen LogP contribution in [0.15, 0.2) is 54.7 Å². The lowest BCUT2D eigenvalue weighted by Gasteiger charge is -2.13. The molecule has 1 aliphatic rings. The number of carbonyl (C=O) groups is 2. The maximum Gasteiger partial charge on any atom is 0.417 e. The van der Waals surface area contributed by atoms with E-state index in [1.807, 2.05) is 0 Å². The van der Waals surface area contributed by atoms with Gasteiger partial charge in [-0.05, 0) is 62.2 Å². The molecular formula is C26H20ClF3N4O3. The Morgan fingerprint density at radius 3 is 2.41 bits per heavy atom. The number of nitrogens with zero attached hydrogens (tertiary/aromatic N) is 1. The van der Waals surface area contributed by atoms with Crippen molar-refractivity contribution in [2.75, 3.05) is 16.0 Å². The van der Waals surface area contributed by atoms with Gasteiger partial charge in [-0.15, -0.1) is 5.92 Å². The molecule has 11 heteroatoms. The van der Waals surface area contributed by atoms with Crippen molar-refractivity contribution in [3.05, 3.63) is 70.9 Å². The van der Waals surface area contributed by atoms with E-state index in [1.54, 1.807) is 37.3 Å². The third kappa shape index (κ3) is 6.92. The Kier molecular flexibility index (Phi) is 7.55. The monoisotopic (exact) mass is 528 g/mol. The number of carbonyl (C=O) groups excluding carboxylic acids is 2. The van der Waals surface area contributed by atoms with Crippen LogP contribution in [0.4, 0.5) is 35.2 Å². The highest BCUT2D eigenvalue weighted by molar-refractivity contribution is 6.31. The Hall–Kier alpha value is -4.23. The Labute approximate surface area is 215 Å². The number of ether oxygens (including phenoxy) is 1. The van der Waals surface area contributed by atoms with Gasteiger partial charge in [0.15, 0.2) is 0 Å². The number of hydrogen-bond donors (Lipinski definition) is 3. The summed E-state index contributed by atoms with van der Waals surface area (Å²) < 4.78 is 45.2. The second-order valence-corrected chi connectivity index (χ2v) is 8.51. The van der Waals surface area contributed by atoms with Gasteiger partial charge in [0.1, 0.15) is 17.3 Å². The van der Waals surface area contributed by atoms with Gasteiger partial charge in [0, 0.05) is 29.6 Å². The number of aromatic nitrogens is 1. The number of amides is 3. The summed E-state index contributed by atoms with van der Waals surface area (Å²) in [5.74, 6) is 6.77. The van der Waals surface area contributed by atoms with Crippen molar-refractivity contribution in [1.29, 1.82) is 0 Å². The summed E-state index contributed by atoms with van der Waals surface area (Å²) >= 11 is 5.62. The molecule has 0 radical (unpaired) electrons. The zero-order valence-electron chi connectivity index (χ0n) is 19.4. The summed E-state index contributed by atoms with van der Waals surface area (Å²) in [5, 5.41) is 7.19. The minimum absolute atomic E-state index is 0.0291. The molecule has 1 saturated carbocycles. The summed E-state index contributed by atoms with van der Waals surface area (Å²) in [6.45, 7) is 1.63. The fraction of sp³-hybridized carbons (Fsp3) is 0.192. The van der Waals surface area contributed by atoms with Crippen LogP contribution in [0.25, 0.3) is 0 Å². The van der Waals surface area contributed by atoms with E-state index in [4.69, 9.17) is 16.3 Å². The van der Waals surface area contributed by atoms with Crippen LogP contribution in [0.1, 0.15) is 30.9 Å². The van der Waals surface area contributed by atoms with Gasteiger partial charge >= 0.3 is 12.2 Å². The van der Waals surface area contributed by atoms with Crippen LogP contribution >= 0.6 is 11.6 Å². The minimum Gasteiger partial charge on any atom is -0.456 e. The van der Waals surface area contributed by atoms with Gasteiger partial charge in [0.2, 0.25) is 5.91 Å². The molecule has 0 bridgehead atoms. The van der Waals surface area contributed by atoms with E-state index in [0.29, 0.717) is 28.6 Å². The number of halogens is 4. The van der Waals surface area contributed by atoms with Crippen LogP contribution in [0, 0.1) is 17.8 Å². The van der Waals surface area contributed by atoms with Gasteiger partial charge in [0.05, 0.1) is 16.1 Å². The summed E-state index contributed by atoms with van der Waals surface area (Å²) in [7, 11) is 0. The molecule has 0 unspecified atom stereocenters. The van der Waals surface area contributed by atoms with Crippen molar-refractivity contribution in [2.45, 2.75) is 25.9 Å². The topological polar surface area (TPSA) is 92.3 Å². The summed E-state index contributed by atoms with van der Waals surface area (Å²) in [4.78, 5) is 28.5. The molecule has 0 saturated heterocycles. The van der Waals surface area contributed by atoms with Gasteiger partial charge < -0.3 is 20.7 Å². The lowest BCUT2D eigenvalue weighted by Crippen LogP contribution is -2.20. The van der Waals surface area contributed by atoms with Crippen LogP contribution < -0.4 is 20.7 Å². The van der Waals surface area contributed by atoms with E-state index < -0.39 is 22.8 Å². The van der Waals surface area contributed by atoms with E-state index in [1.165, 1.54) is 12.3 Å². The van der Waals surface area contributed by atoms with Crippen LogP contribution in [0.3, 0.4) is 0 Å². The molecule has 3 aromatic rings. The van der Waals surface area contributed by atoms with E-state index in [2.05, 4.69) is 32.8 Å². The van der Waals surface area contributed by atoms with Crippen LogP contribution in [-0.4, -0.2) is 16.9 Å². The first kappa shape index (κ1) is 25.9. The highest BCUT2D eigenvalue weighted by Crippen LogP contribution is 2.36. The number of anilines is 3. The fourth-order valence-corrected chi connectivity index (χ4v) is 3.51. The van der Waals surface area contributed by atoms with Crippen molar-refractivity contribution in [1.82, 2.24) is 4.98 Å². The number of hydrogen-bond acceptors (Lipinski definition) is 4. The molecule has 1 aromatic heterocycles. The Morgan fingerprint density at radius 2 is 1.73 bits per heavy atom. The van der Waals surface area contributed by atoms with Gasteiger partial charge in [0.25, 0.3) is 0 Å². The minimum atomic E-state index is -4.66. The molecule has 1 fully saturated rings. The van der Waals surface area contributed by atoms with Crippen LogP contribution in [0.5, 0.6) is 11.5 Å². The number of rotatable bonds is 6. The van der Waals surface area contributed by atoms with Gasteiger partial charge in [-0.25, -0.2) is 9.78 Å². The zero-order valence-corrected chi connectivity index (χ0v) is 20.1. The first-order valence-electron chi connectivity index (χ1n) is 11.1. The Balaban J connectivity index is 1.46. The van der Waals surface area contributed by atoms with Crippen LogP contribution in [0.2, 0.25) is 5.02 Å². The molecule has 37 heavy (non-hydrogen) atoms. The van der Waals surface area contributed by atoms with Crippen molar-refractivity contribution in [3.8, 4) is 23.3 Å². The van der Waals surface area contributed by atoms with Gasteiger partial charge in [-0.3, -0.25) is 4.79 Å². The van der Waals surface area contributed by atoms with E-state index in [-0.39, 0.29) is 17.5 Å². The highest BCUT2D eigenvalue weighted by atomic mass is 35.5. The number of benzene rings is 2. The van der Waals surface area contributed by atoms with Gasteiger partial charge in [-0.1, -0.05) is 17.5 Å². The molecule has 1 heterocycles. The standard InChI is InChI=1S/C26H20ClF3N4O3/c1-2-3-16-12-17(32-25(36)33-18-6-8-21(27)20(13-18)26(28,29)30)7-9-22(16)37-19-10-11-31-23(14-19)34-24(35)15-4-5-15/h6-15H,4-5H2,1H3,(H,31,34,35)(H2,32,33,36). The lowest BCUT2D eigenvalue weighted by molar-refractivity contribution is -0.137. The molecule has 0 spiro atoms. The third-order valence-corrected chi connectivity index (χ3v) is 5.51. The first-order valence-corrected chi connectivity index (χ1v) is 11.5. The number of urea groups is 1. The summed E-state index contributed by atoms with van der Waals surface area (Å²) in [6.07, 6.45) is -1.42. The van der Waals surface area contributed by atoms with Crippen molar-refractivity contribution in [2.24, 2.45) is 5.92 Å². The summed E-state index contributed by atoms with van der Waals surface area (Å²) in [5.41, 5.74) is -0.350. The average Bonchev–Trinajstić information content (AvgIpc) is 3.67. The molecule has 7 nitrogen and oxygen atoms in total. The molecule has 0 atom stereocenters. The normalized spacial score (nSPS) is 12.7. The molecular weight excluding hydrogens is 509 g/mol. The summed E-state index contributed by atoms with van der Waals surface area (Å²) in [6, 6.07) is 10.2. The second kappa shape index (κ2) is 10.8. The SMILES string of the molecule is CC#Cc1cc(NC(=O)Nc2ccc(Cl)c(C(F)(F)F)c2)ccc1Oc1ccnc(NC(=O)C2CC2)c1. The quantitative estimate of drug-likeness (QED) is 0.303. The lowest BCUT2D eigenvalue weighted by atomic mass is 10.1. The van der Waals surface area contributed by atoms with Crippen molar-refractivity contribution in [3.63, 3.8) is 0 Å². The van der Waals surface area contributed by atoms with Gasteiger partial charge in [-0.2, -0.15) is 13.2 Å². The van der Waals surface area contributed by atoms with Crippen molar-refractivity contribution < 1.29 is 27.5 Å². The maximum atomic E-state index is 13.1. The highest BCUT2D eigenvalue weighted by Gasteiger charge is 2.33. The number of alkyl halides is 3. The largest absolute Gasteiger partial charge is 0.456 e. The maximum absolute atomic E-state index is 13.1. The van der Waals surface area contributed by atoms with E-state index in [0.717, 1.165) is 25.0 Å². The molecule has 3 amide bonds. The molecule has 1 aliphatic carbocycles. The van der Waals surface area contributed by atoms with E-state index >= 15 is 0 Å². The molecule has 0 aliphatic heterocycles. The average molecular weight is 529 g/mol. The molecule has 4 rings (SSSR count). The molecule has 2 aromatic carbocycles. The molecule has 190 valence electrons. The second-order valence-electron chi connectivity index (χ2n) is 8.10. The van der Waals surface area contributed by atoms with Crippen molar-refractivity contribution >= 4 is 40.7 Å². The van der Waals surface area contributed by atoms with Crippen LogP contribution in [-0.2, 0) is 11.0 Å². The number of pyridine rings is 1. The zero-order chi connectivity index (χ0) is 26.6. The predicted molar refractivity (Wildman–Crippen MR) is 134 cm³/mol. The fourth-order valence-electron chi connectivity index (χ4n) is 3.29. The third-order valence-electron chi connectivity index (χ3n) is 5.19. The first-order chi connectivity index (χ1) is 17.6. The number of nitrogens with one attached hydrogen (secondary N) is 3. The predicted octanol–water partition coefficient (Wildman–Crippen LogP) is 6.91. The Bertz CT molecular complexity index is 1410. The Morgan fingerprint density at radius 1 is 1.03 bits per heavy atom.